The van der Waals surface area contributed by atoms with Gasteiger partial charge in [0.2, 0.25) is 0 Å². The minimum atomic E-state index is 0.0332. The maximum atomic E-state index is 11.8. The maximum Gasteiger partial charge on any atom is 0.328 e. The standard InChI is InChI=1S/C11H16N4OS/c1-3-12-10-13-7-9(17-10)8-15-6-5-14(4-2)11(15)16/h5-7H,3-4,8H2,1-2H3,(H,12,13). The second-order valence-electron chi connectivity index (χ2n) is 3.66. The largest absolute Gasteiger partial charge is 0.362 e. The Bertz CT molecular complexity index is 540. The zero-order chi connectivity index (χ0) is 12.3. The van der Waals surface area contributed by atoms with E-state index in [2.05, 4.69) is 10.3 Å². The van der Waals surface area contributed by atoms with Crippen molar-refractivity contribution in [1.29, 1.82) is 0 Å². The molecule has 6 heteroatoms. The van der Waals surface area contributed by atoms with Gasteiger partial charge in [0, 0.05) is 36.6 Å². The quantitative estimate of drug-likeness (QED) is 0.879. The van der Waals surface area contributed by atoms with Gasteiger partial charge in [-0.25, -0.2) is 9.78 Å². The molecule has 0 unspecified atom stereocenters. The molecule has 0 aromatic carbocycles. The summed E-state index contributed by atoms with van der Waals surface area (Å²) in [6.45, 7) is 6.15. The molecule has 2 aromatic rings. The molecule has 0 aliphatic rings. The molecule has 0 radical (unpaired) electrons. The summed E-state index contributed by atoms with van der Waals surface area (Å²) in [4.78, 5) is 17.2. The summed E-state index contributed by atoms with van der Waals surface area (Å²) >= 11 is 1.59. The third-order valence-corrected chi connectivity index (χ3v) is 3.41. The van der Waals surface area contributed by atoms with E-state index in [-0.39, 0.29) is 5.69 Å². The summed E-state index contributed by atoms with van der Waals surface area (Å²) in [6, 6.07) is 0. The van der Waals surface area contributed by atoms with Crippen molar-refractivity contribution in [1.82, 2.24) is 14.1 Å². The average Bonchev–Trinajstić information content (AvgIpc) is 2.89. The SMILES string of the molecule is CCNc1ncc(Cn2ccn(CC)c2=O)s1. The topological polar surface area (TPSA) is 51.9 Å². The van der Waals surface area contributed by atoms with Crippen LogP contribution in [-0.2, 0) is 13.1 Å². The molecule has 0 saturated carbocycles. The number of anilines is 1. The third kappa shape index (κ3) is 2.58. The zero-order valence-corrected chi connectivity index (χ0v) is 10.8. The minimum Gasteiger partial charge on any atom is -0.362 e. The Morgan fingerprint density at radius 2 is 2.12 bits per heavy atom. The van der Waals surface area contributed by atoms with Crippen LogP contribution in [0.2, 0.25) is 0 Å². The fraction of sp³-hybridized carbons (Fsp3) is 0.455. The smallest absolute Gasteiger partial charge is 0.328 e. The van der Waals surface area contributed by atoms with E-state index in [4.69, 9.17) is 0 Å². The Morgan fingerprint density at radius 3 is 2.76 bits per heavy atom. The first-order valence-electron chi connectivity index (χ1n) is 5.68. The fourth-order valence-corrected chi connectivity index (χ4v) is 2.48. The average molecular weight is 252 g/mol. The first-order valence-corrected chi connectivity index (χ1v) is 6.50. The first kappa shape index (κ1) is 11.9. The molecule has 0 aliphatic carbocycles. The van der Waals surface area contributed by atoms with Crippen molar-refractivity contribution in [2.75, 3.05) is 11.9 Å². The van der Waals surface area contributed by atoms with E-state index in [1.54, 1.807) is 20.5 Å². The number of thiazole rings is 1. The van der Waals surface area contributed by atoms with Crippen LogP contribution in [0.25, 0.3) is 0 Å². The molecule has 17 heavy (non-hydrogen) atoms. The highest BCUT2D eigenvalue weighted by Crippen LogP contribution is 2.18. The monoisotopic (exact) mass is 252 g/mol. The Hall–Kier alpha value is -1.56. The first-order chi connectivity index (χ1) is 8.24. The van der Waals surface area contributed by atoms with E-state index in [1.807, 2.05) is 32.4 Å². The molecule has 0 amide bonds. The molecular weight excluding hydrogens is 236 g/mol. The van der Waals surface area contributed by atoms with Crippen LogP contribution in [0.1, 0.15) is 18.7 Å². The number of aromatic nitrogens is 3. The second-order valence-corrected chi connectivity index (χ2v) is 4.77. The summed E-state index contributed by atoms with van der Waals surface area (Å²) in [7, 11) is 0. The number of aryl methyl sites for hydroxylation is 1. The highest BCUT2D eigenvalue weighted by molar-refractivity contribution is 7.15. The lowest BCUT2D eigenvalue weighted by molar-refractivity contribution is 0.671. The number of imidazole rings is 1. The predicted molar refractivity (Wildman–Crippen MR) is 69.7 cm³/mol. The van der Waals surface area contributed by atoms with Crippen LogP contribution >= 0.6 is 11.3 Å². The Labute approximate surface area is 104 Å². The molecule has 2 rings (SSSR count). The maximum absolute atomic E-state index is 11.8. The highest BCUT2D eigenvalue weighted by atomic mass is 32.1. The molecule has 0 aliphatic heterocycles. The Balaban J connectivity index is 2.14. The van der Waals surface area contributed by atoms with Gasteiger partial charge in [0.25, 0.3) is 0 Å². The summed E-state index contributed by atoms with van der Waals surface area (Å²) in [5, 5.41) is 4.07. The molecular formula is C11H16N4OS. The van der Waals surface area contributed by atoms with E-state index >= 15 is 0 Å². The predicted octanol–water partition coefficient (Wildman–Crippen LogP) is 1.61. The van der Waals surface area contributed by atoms with Crippen molar-refractivity contribution in [3.05, 3.63) is 34.0 Å². The lowest BCUT2D eigenvalue weighted by Crippen LogP contribution is -2.23. The van der Waals surface area contributed by atoms with Gasteiger partial charge < -0.3 is 5.32 Å². The molecule has 2 heterocycles. The molecule has 0 atom stereocenters. The number of nitrogens with zero attached hydrogens (tertiary/aromatic N) is 3. The third-order valence-electron chi connectivity index (χ3n) is 2.47. The summed E-state index contributed by atoms with van der Waals surface area (Å²) in [5.74, 6) is 0. The van der Waals surface area contributed by atoms with Crippen LogP contribution in [0.4, 0.5) is 5.13 Å². The lowest BCUT2D eigenvalue weighted by atomic mass is 10.5. The lowest BCUT2D eigenvalue weighted by Gasteiger charge is -1.98. The molecule has 0 spiro atoms. The van der Waals surface area contributed by atoms with Crippen LogP contribution in [-0.4, -0.2) is 20.7 Å². The van der Waals surface area contributed by atoms with Crippen molar-refractivity contribution >= 4 is 16.5 Å². The number of nitrogens with one attached hydrogen (secondary N) is 1. The summed E-state index contributed by atoms with van der Waals surface area (Å²) in [6.07, 6.45) is 5.45. The zero-order valence-electron chi connectivity index (χ0n) is 10.0. The molecule has 5 nitrogen and oxygen atoms in total. The van der Waals surface area contributed by atoms with Gasteiger partial charge in [0.05, 0.1) is 6.54 Å². The van der Waals surface area contributed by atoms with Crippen molar-refractivity contribution < 1.29 is 0 Å². The second kappa shape index (κ2) is 5.18. The van der Waals surface area contributed by atoms with Gasteiger partial charge in [0.1, 0.15) is 0 Å². The molecule has 1 N–H and O–H groups in total. The Morgan fingerprint density at radius 1 is 1.35 bits per heavy atom. The fourth-order valence-electron chi connectivity index (χ4n) is 1.60. The van der Waals surface area contributed by atoms with Crippen molar-refractivity contribution in [2.45, 2.75) is 26.9 Å². The van der Waals surface area contributed by atoms with Crippen LogP contribution in [0, 0.1) is 0 Å². The van der Waals surface area contributed by atoms with Crippen LogP contribution in [0.5, 0.6) is 0 Å². The van der Waals surface area contributed by atoms with Gasteiger partial charge in [-0.2, -0.15) is 0 Å². The normalized spacial score (nSPS) is 10.7. The summed E-state index contributed by atoms with van der Waals surface area (Å²) in [5.41, 5.74) is 0.0332. The summed E-state index contributed by atoms with van der Waals surface area (Å²) < 4.78 is 3.39. The molecule has 92 valence electrons. The van der Waals surface area contributed by atoms with Gasteiger partial charge in [0.15, 0.2) is 5.13 Å². The van der Waals surface area contributed by atoms with Crippen molar-refractivity contribution in [2.24, 2.45) is 0 Å². The van der Waals surface area contributed by atoms with Crippen molar-refractivity contribution in [3.63, 3.8) is 0 Å². The molecule has 0 bridgehead atoms. The number of hydrogen-bond donors (Lipinski definition) is 1. The van der Waals surface area contributed by atoms with Crippen LogP contribution < -0.4 is 11.0 Å². The van der Waals surface area contributed by atoms with Crippen molar-refractivity contribution in [3.8, 4) is 0 Å². The van der Waals surface area contributed by atoms with E-state index < -0.39 is 0 Å². The van der Waals surface area contributed by atoms with Gasteiger partial charge >= 0.3 is 5.69 Å². The Kier molecular flexibility index (Phi) is 3.63. The minimum absolute atomic E-state index is 0.0332. The molecule has 0 fully saturated rings. The molecule has 0 saturated heterocycles. The van der Waals surface area contributed by atoms with Gasteiger partial charge in [-0.05, 0) is 13.8 Å². The van der Waals surface area contributed by atoms with Crippen LogP contribution in [0.15, 0.2) is 23.4 Å². The van der Waals surface area contributed by atoms with Gasteiger partial charge in [-0.15, -0.1) is 11.3 Å². The van der Waals surface area contributed by atoms with E-state index in [0.29, 0.717) is 13.1 Å². The van der Waals surface area contributed by atoms with Gasteiger partial charge in [-0.1, -0.05) is 0 Å². The van der Waals surface area contributed by atoms with Gasteiger partial charge in [-0.3, -0.25) is 9.13 Å². The van der Waals surface area contributed by atoms with E-state index in [0.717, 1.165) is 16.6 Å². The number of hydrogen-bond acceptors (Lipinski definition) is 4. The highest BCUT2D eigenvalue weighted by Gasteiger charge is 2.05. The molecule has 2 aromatic heterocycles. The number of rotatable bonds is 5. The van der Waals surface area contributed by atoms with E-state index in [9.17, 15) is 4.79 Å². The van der Waals surface area contributed by atoms with E-state index in [1.165, 1.54) is 0 Å². The van der Waals surface area contributed by atoms with Crippen LogP contribution in [0.3, 0.4) is 0 Å².